The van der Waals surface area contributed by atoms with E-state index in [-0.39, 0.29) is 10.9 Å². The highest BCUT2D eigenvalue weighted by Gasteiger charge is 2.18. The monoisotopic (exact) mass is 588 g/mol. The summed E-state index contributed by atoms with van der Waals surface area (Å²) in [4.78, 5) is 30.8. The molecule has 0 aliphatic rings. The predicted octanol–water partition coefficient (Wildman–Crippen LogP) is 9.68. The van der Waals surface area contributed by atoms with Crippen molar-refractivity contribution in [1.29, 1.82) is 0 Å². The van der Waals surface area contributed by atoms with Gasteiger partial charge in [0.1, 0.15) is 0 Å². The highest BCUT2D eigenvalue weighted by molar-refractivity contribution is 7.13. The second-order valence-corrected chi connectivity index (χ2v) is 12.9. The summed E-state index contributed by atoms with van der Waals surface area (Å²) in [5.74, 6) is 0. The molecule has 0 saturated heterocycles. The van der Waals surface area contributed by atoms with Crippen LogP contribution < -0.4 is 10.9 Å². The first-order chi connectivity index (χ1) is 20.6. The molecule has 0 atom stereocenters. The van der Waals surface area contributed by atoms with Gasteiger partial charge in [-0.15, -0.1) is 22.7 Å². The van der Waals surface area contributed by atoms with Crippen LogP contribution in [0.3, 0.4) is 0 Å². The molecule has 0 amide bonds. The Hall–Kier alpha value is -4.00. The summed E-state index contributed by atoms with van der Waals surface area (Å²) in [6, 6.07) is 24.7. The van der Waals surface area contributed by atoms with E-state index in [1.165, 1.54) is 0 Å². The van der Waals surface area contributed by atoms with Crippen LogP contribution in [0.25, 0.3) is 64.5 Å². The lowest BCUT2D eigenvalue weighted by molar-refractivity contribution is 0.660. The molecule has 42 heavy (non-hydrogen) atoms. The Morgan fingerprint density at radius 2 is 0.976 bits per heavy atom. The molecule has 0 saturated carbocycles. The maximum atomic E-state index is 14.2. The quantitative estimate of drug-likeness (QED) is 0.166. The van der Waals surface area contributed by atoms with E-state index in [2.05, 4.69) is 70.1 Å². The fourth-order valence-corrected chi connectivity index (χ4v) is 7.60. The van der Waals surface area contributed by atoms with Gasteiger partial charge in [0.15, 0.2) is 10.9 Å². The summed E-state index contributed by atoms with van der Waals surface area (Å²) in [5, 5.41) is 6.94. The summed E-state index contributed by atoms with van der Waals surface area (Å²) < 4.78 is 4.52. The van der Waals surface area contributed by atoms with E-state index < -0.39 is 0 Å². The number of hydrogen-bond acceptors (Lipinski definition) is 4. The van der Waals surface area contributed by atoms with Crippen LogP contribution in [0.5, 0.6) is 0 Å². The fourth-order valence-electron chi connectivity index (χ4n) is 6.15. The van der Waals surface area contributed by atoms with Gasteiger partial charge < -0.3 is 9.13 Å². The fraction of sp³-hybridized carbons (Fsp3) is 0.222. The van der Waals surface area contributed by atoms with Crippen molar-refractivity contribution in [3.63, 3.8) is 0 Å². The zero-order valence-corrected chi connectivity index (χ0v) is 25.5. The number of aromatic nitrogens is 2. The molecule has 7 rings (SSSR count). The van der Waals surface area contributed by atoms with E-state index in [0.29, 0.717) is 10.8 Å². The van der Waals surface area contributed by atoms with Crippen molar-refractivity contribution in [3.8, 4) is 20.9 Å². The van der Waals surface area contributed by atoms with Crippen LogP contribution in [0.4, 0.5) is 0 Å². The average molecular weight is 589 g/mol. The molecule has 4 aromatic heterocycles. The molecule has 0 aliphatic heterocycles. The van der Waals surface area contributed by atoms with Crippen molar-refractivity contribution in [2.24, 2.45) is 0 Å². The standard InChI is InChI=1S/C36H32N2O2S2/c1-3-5-15-37-29-13-11-23(33-9-7-17-41-33)19-25(29)35(39)27-22-32-28(21-31(27)37)36(40)26-20-24(34-10-8-18-42-34)12-14-30(26)38(32)16-6-4-2/h7-14,17-22H,3-6,15-16H2,1-2H3. The molecule has 4 heterocycles. The Morgan fingerprint density at radius 3 is 1.36 bits per heavy atom. The Labute approximate surface area is 252 Å². The van der Waals surface area contributed by atoms with Crippen molar-refractivity contribution in [1.82, 2.24) is 9.13 Å². The number of rotatable bonds is 8. The zero-order valence-electron chi connectivity index (χ0n) is 23.9. The number of nitrogens with zero attached hydrogens (tertiary/aromatic N) is 2. The van der Waals surface area contributed by atoms with Gasteiger partial charge >= 0.3 is 0 Å². The molecule has 4 nitrogen and oxygen atoms in total. The minimum Gasteiger partial charge on any atom is -0.340 e. The SMILES string of the molecule is CCCCn1c2ccc(-c3cccs3)cc2c(=O)c2cc3c(cc21)c(=O)c1cc(-c2cccs2)ccc1n3CCCC. The normalized spacial score (nSPS) is 11.9. The Kier molecular flexibility index (Phi) is 7.04. The molecule has 0 radical (unpaired) electrons. The highest BCUT2D eigenvalue weighted by atomic mass is 32.1. The molecular formula is C36H32N2O2S2. The van der Waals surface area contributed by atoms with E-state index in [0.717, 1.165) is 92.5 Å². The third-order valence-corrected chi connectivity index (χ3v) is 10.2. The molecule has 210 valence electrons. The van der Waals surface area contributed by atoms with Crippen LogP contribution >= 0.6 is 22.7 Å². The number of thiophene rings is 2. The largest absolute Gasteiger partial charge is 0.340 e. The van der Waals surface area contributed by atoms with E-state index >= 15 is 0 Å². The zero-order chi connectivity index (χ0) is 28.8. The third kappa shape index (κ3) is 4.41. The van der Waals surface area contributed by atoms with Gasteiger partial charge in [-0.05, 0) is 83.3 Å². The number of aryl methyl sites for hydroxylation is 2. The summed E-state index contributed by atoms with van der Waals surface area (Å²) >= 11 is 3.36. The van der Waals surface area contributed by atoms with Gasteiger partial charge in [0, 0.05) is 44.4 Å². The first kappa shape index (κ1) is 26.9. The molecular weight excluding hydrogens is 557 g/mol. The predicted molar refractivity (Wildman–Crippen MR) is 181 cm³/mol. The van der Waals surface area contributed by atoms with Gasteiger partial charge in [-0.25, -0.2) is 0 Å². The van der Waals surface area contributed by atoms with Crippen LogP contribution in [-0.2, 0) is 13.1 Å². The van der Waals surface area contributed by atoms with Crippen molar-refractivity contribution in [2.45, 2.75) is 52.6 Å². The number of unbranched alkanes of at least 4 members (excludes halogenated alkanes) is 2. The lowest BCUT2D eigenvalue weighted by Gasteiger charge is -2.19. The van der Waals surface area contributed by atoms with Gasteiger partial charge in [0.2, 0.25) is 0 Å². The van der Waals surface area contributed by atoms with E-state index in [1.54, 1.807) is 22.7 Å². The Bertz CT molecular complexity index is 2050. The molecule has 0 bridgehead atoms. The number of pyridine rings is 2. The smallest absolute Gasteiger partial charge is 0.197 e. The van der Waals surface area contributed by atoms with Gasteiger partial charge in [-0.2, -0.15) is 0 Å². The molecule has 0 unspecified atom stereocenters. The van der Waals surface area contributed by atoms with Crippen LogP contribution in [0.15, 0.2) is 93.1 Å². The number of fused-ring (bicyclic) bond motifs is 4. The molecule has 7 aromatic rings. The molecule has 0 N–H and O–H groups in total. The van der Waals surface area contributed by atoms with E-state index in [1.807, 2.05) is 36.4 Å². The van der Waals surface area contributed by atoms with Crippen LogP contribution in [0, 0.1) is 0 Å². The second kappa shape index (κ2) is 11.0. The van der Waals surface area contributed by atoms with Crippen molar-refractivity contribution in [2.75, 3.05) is 0 Å². The highest BCUT2D eigenvalue weighted by Crippen LogP contribution is 2.32. The third-order valence-electron chi connectivity index (χ3n) is 8.33. The van der Waals surface area contributed by atoms with E-state index in [9.17, 15) is 9.59 Å². The topological polar surface area (TPSA) is 44.0 Å². The molecule has 3 aromatic carbocycles. The van der Waals surface area contributed by atoms with Crippen molar-refractivity contribution >= 4 is 66.3 Å². The van der Waals surface area contributed by atoms with Crippen LogP contribution in [0.1, 0.15) is 39.5 Å². The Balaban J connectivity index is 1.59. The minimum absolute atomic E-state index is 0.0238. The summed E-state index contributed by atoms with van der Waals surface area (Å²) in [6.45, 7) is 5.93. The minimum atomic E-state index is 0.0238. The van der Waals surface area contributed by atoms with Crippen molar-refractivity contribution in [3.05, 3.63) is 104 Å². The first-order valence-corrected chi connectivity index (χ1v) is 16.5. The first-order valence-electron chi connectivity index (χ1n) is 14.8. The maximum absolute atomic E-state index is 14.2. The van der Waals surface area contributed by atoms with Gasteiger partial charge in [-0.3, -0.25) is 9.59 Å². The summed E-state index contributed by atoms with van der Waals surface area (Å²) in [6.07, 6.45) is 4.05. The van der Waals surface area contributed by atoms with E-state index in [4.69, 9.17) is 0 Å². The molecule has 0 aliphatic carbocycles. The maximum Gasteiger partial charge on any atom is 0.197 e. The van der Waals surface area contributed by atoms with Gasteiger partial charge in [-0.1, -0.05) is 51.0 Å². The average Bonchev–Trinajstić information content (AvgIpc) is 3.76. The summed E-state index contributed by atoms with van der Waals surface area (Å²) in [5.41, 5.74) is 5.69. The van der Waals surface area contributed by atoms with Gasteiger partial charge in [0.05, 0.1) is 22.1 Å². The Morgan fingerprint density at radius 1 is 0.548 bits per heavy atom. The number of benzene rings is 3. The van der Waals surface area contributed by atoms with Crippen LogP contribution in [-0.4, -0.2) is 9.13 Å². The lowest BCUT2D eigenvalue weighted by Crippen LogP contribution is -2.16. The molecule has 6 heteroatoms. The molecule has 0 fully saturated rings. The molecule has 0 spiro atoms. The van der Waals surface area contributed by atoms with Crippen molar-refractivity contribution < 1.29 is 0 Å². The van der Waals surface area contributed by atoms with Crippen LogP contribution in [0.2, 0.25) is 0 Å². The second-order valence-electron chi connectivity index (χ2n) is 11.0. The number of hydrogen-bond donors (Lipinski definition) is 0. The summed E-state index contributed by atoms with van der Waals surface area (Å²) in [7, 11) is 0. The van der Waals surface area contributed by atoms with Gasteiger partial charge in [0.25, 0.3) is 0 Å². The lowest BCUT2D eigenvalue weighted by atomic mass is 10.0.